The fourth-order valence-corrected chi connectivity index (χ4v) is 8.26. The van der Waals surface area contributed by atoms with Crippen molar-refractivity contribution in [3.63, 3.8) is 0 Å². The predicted octanol–water partition coefficient (Wildman–Crippen LogP) is 6.49. The van der Waals surface area contributed by atoms with Gasteiger partial charge in [0.2, 0.25) is 11.8 Å². The van der Waals surface area contributed by atoms with Gasteiger partial charge in [-0.25, -0.2) is 24.5 Å². The van der Waals surface area contributed by atoms with Crippen molar-refractivity contribution in [2.75, 3.05) is 27.3 Å². The number of aromatic nitrogens is 5. The summed E-state index contributed by atoms with van der Waals surface area (Å²) in [6.45, 7) is 8.69. The predicted molar refractivity (Wildman–Crippen MR) is 212 cm³/mol. The fraction of sp³-hybridized carbons (Fsp3) is 0.439. The van der Waals surface area contributed by atoms with Crippen molar-refractivity contribution in [2.45, 2.75) is 77.5 Å². The molecule has 4 atom stereocenters. The molecule has 6 heterocycles. The average molecular weight is 778 g/mol. The van der Waals surface area contributed by atoms with Gasteiger partial charge < -0.3 is 44.3 Å². The molecule has 6 aromatic rings. The minimum atomic E-state index is -0.725. The summed E-state index contributed by atoms with van der Waals surface area (Å²) in [5.41, 5.74) is 5.08. The fourth-order valence-electron chi connectivity index (χ4n) is 8.26. The number of aromatic amines is 2. The second-order valence-corrected chi connectivity index (χ2v) is 15.6. The molecule has 4 amide bonds. The molecule has 16 heteroatoms. The Morgan fingerprint density at radius 1 is 0.719 bits per heavy atom. The van der Waals surface area contributed by atoms with Gasteiger partial charge in [0.1, 0.15) is 34.9 Å². The van der Waals surface area contributed by atoms with Crippen LogP contribution >= 0.6 is 0 Å². The molecular formula is C41H47N9O7. The van der Waals surface area contributed by atoms with E-state index >= 15 is 0 Å². The number of nitrogens with zero attached hydrogens (tertiary/aromatic N) is 5. The summed E-state index contributed by atoms with van der Waals surface area (Å²) in [5, 5.41) is 7.16. The van der Waals surface area contributed by atoms with E-state index in [9.17, 15) is 19.2 Å². The smallest absolute Gasteiger partial charge is 0.407 e. The van der Waals surface area contributed by atoms with Crippen LogP contribution in [0.5, 0.6) is 0 Å². The zero-order valence-corrected chi connectivity index (χ0v) is 32.8. The molecule has 0 radical (unpaired) electrons. The topological polar surface area (TPSA) is 201 Å². The number of hydrogen-bond donors (Lipinski definition) is 4. The minimum Gasteiger partial charge on any atom is -0.453 e. The standard InChI is InChI=1S/C41H47N9O7/c1-20(2)31(47-40(53)55-5)38(51)49-17-7-9-28(49)36-43-26-16-15-24-23(33(26)45-36)12-14-25(42-24)30-19-22-11-13-27-34(35(22)57-30)46-37(44-27)29-10-8-18-50(29)39(52)32(21(3)4)48-41(54)56-6/h11-16,19-21,28-29,31-32H,7-10,17-18H2,1-6H3,(H,43,45)(H,44,46)(H,47,53)(H,48,54)/t28-,29-,31-,32-/m0/s1. The molecular weight excluding hydrogens is 731 g/mol. The zero-order valence-electron chi connectivity index (χ0n) is 32.8. The molecule has 16 nitrogen and oxygen atoms in total. The van der Waals surface area contributed by atoms with Gasteiger partial charge in [0.05, 0.1) is 48.4 Å². The number of benzene rings is 2. The number of H-pyrrole nitrogens is 2. The van der Waals surface area contributed by atoms with Gasteiger partial charge in [-0.1, -0.05) is 27.7 Å². The van der Waals surface area contributed by atoms with Crippen molar-refractivity contribution in [3.05, 3.63) is 54.1 Å². The highest BCUT2D eigenvalue weighted by molar-refractivity contribution is 6.04. The molecule has 0 spiro atoms. The van der Waals surface area contributed by atoms with Crippen LogP contribution in [0.15, 0.2) is 46.9 Å². The van der Waals surface area contributed by atoms with E-state index in [2.05, 4.69) is 20.6 Å². The number of alkyl carbamates (subject to hydrolysis) is 2. The molecule has 4 aromatic heterocycles. The lowest BCUT2D eigenvalue weighted by molar-refractivity contribution is -0.136. The number of furan rings is 1. The van der Waals surface area contributed by atoms with Gasteiger partial charge in [-0.15, -0.1) is 0 Å². The number of carbonyl (C=O) groups is 4. The summed E-state index contributed by atoms with van der Waals surface area (Å²) >= 11 is 0. The largest absolute Gasteiger partial charge is 0.453 e. The van der Waals surface area contributed by atoms with Crippen molar-refractivity contribution < 1.29 is 33.1 Å². The number of rotatable bonds is 9. The van der Waals surface area contributed by atoms with Crippen LogP contribution in [0.2, 0.25) is 0 Å². The molecule has 2 aliphatic rings. The lowest BCUT2D eigenvalue weighted by Crippen LogP contribution is -2.51. The van der Waals surface area contributed by atoms with Gasteiger partial charge in [-0.2, -0.15) is 0 Å². The van der Waals surface area contributed by atoms with Crippen LogP contribution in [0.4, 0.5) is 9.59 Å². The maximum Gasteiger partial charge on any atom is 0.407 e. The highest BCUT2D eigenvalue weighted by Gasteiger charge is 2.39. The van der Waals surface area contributed by atoms with Crippen LogP contribution in [0.3, 0.4) is 0 Å². The normalized spacial score (nSPS) is 18.3. The molecule has 8 rings (SSSR count). The maximum absolute atomic E-state index is 13.7. The highest BCUT2D eigenvalue weighted by atomic mass is 16.5. The molecule has 0 saturated carbocycles. The first-order chi connectivity index (χ1) is 27.4. The van der Waals surface area contributed by atoms with Crippen molar-refractivity contribution in [2.24, 2.45) is 11.8 Å². The first-order valence-electron chi connectivity index (χ1n) is 19.5. The summed E-state index contributed by atoms with van der Waals surface area (Å²) in [5.74, 6) is 1.34. The Bertz CT molecular complexity index is 2520. The van der Waals surface area contributed by atoms with Crippen molar-refractivity contribution in [1.29, 1.82) is 0 Å². The third-order valence-electron chi connectivity index (χ3n) is 11.2. The second-order valence-electron chi connectivity index (χ2n) is 15.6. The number of pyridine rings is 1. The van der Waals surface area contributed by atoms with E-state index in [1.54, 1.807) is 9.80 Å². The Morgan fingerprint density at radius 3 is 1.81 bits per heavy atom. The van der Waals surface area contributed by atoms with E-state index in [0.717, 1.165) is 64.0 Å². The number of nitrogens with one attached hydrogen (secondary N) is 4. The Morgan fingerprint density at radius 2 is 1.25 bits per heavy atom. The molecule has 2 aromatic carbocycles. The molecule has 2 fully saturated rings. The van der Waals surface area contributed by atoms with Gasteiger partial charge in [-0.3, -0.25) is 9.59 Å². The number of carbonyl (C=O) groups excluding carboxylic acids is 4. The molecule has 0 bridgehead atoms. The number of hydrogen-bond acceptors (Lipinski definition) is 10. The van der Waals surface area contributed by atoms with Gasteiger partial charge in [-0.05, 0) is 80.0 Å². The van der Waals surface area contributed by atoms with Gasteiger partial charge in [0.15, 0.2) is 11.3 Å². The molecule has 2 aliphatic heterocycles. The van der Waals surface area contributed by atoms with Crippen molar-refractivity contribution in [1.82, 2.24) is 45.4 Å². The lowest BCUT2D eigenvalue weighted by Gasteiger charge is -2.29. The molecule has 0 aliphatic carbocycles. The van der Waals surface area contributed by atoms with Crippen LogP contribution in [0.25, 0.3) is 55.4 Å². The number of imidazole rings is 2. The van der Waals surface area contributed by atoms with Crippen molar-refractivity contribution in [3.8, 4) is 11.5 Å². The zero-order chi connectivity index (χ0) is 40.1. The summed E-state index contributed by atoms with van der Waals surface area (Å²) in [6, 6.07) is 11.6. The second kappa shape index (κ2) is 15.0. The van der Waals surface area contributed by atoms with Crippen LogP contribution in [0, 0.1) is 11.8 Å². The molecule has 298 valence electrons. The Kier molecular flexibility index (Phi) is 9.96. The van der Waals surface area contributed by atoms with Crippen LogP contribution in [-0.4, -0.2) is 98.1 Å². The van der Waals surface area contributed by atoms with Crippen molar-refractivity contribution >= 4 is 67.9 Å². The highest BCUT2D eigenvalue weighted by Crippen LogP contribution is 2.38. The Labute approximate surface area is 328 Å². The van der Waals surface area contributed by atoms with Crippen LogP contribution in [-0.2, 0) is 19.1 Å². The third kappa shape index (κ3) is 6.86. The van der Waals surface area contributed by atoms with E-state index in [1.165, 1.54) is 14.2 Å². The maximum atomic E-state index is 13.7. The summed E-state index contributed by atoms with van der Waals surface area (Å²) in [4.78, 5) is 76.8. The minimum absolute atomic E-state index is 0.130. The molecule has 0 unspecified atom stereocenters. The number of fused-ring (bicyclic) bond motifs is 6. The summed E-state index contributed by atoms with van der Waals surface area (Å²) < 4.78 is 16.0. The van der Waals surface area contributed by atoms with Crippen LogP contribution in [0.1, 0.15) is 77.1 Å². The van der Waals surface area contributed by atoms with E-state index in [1.807, 2.05) is 70.2 Å². The van der Waals surface area contributed by atoms with E-state index < -0.39 is 24.3 Å². The quantitative estimate of drug-likeness (QED) is 0.126. The van der Waals surface area contributed by atoms with Gasteiger partial charge in [0.25, 0.3) is 0 Å². The third-order valence-corrected chi connectivity index (χ3v) is 11.2. The van der Waals surface area contributed by atoms with Gasteiger partial charge >= 0.3 is 12.2 Å². The molecule has 57 heavy (non-hydrogen) atoms. The first kappa shape index (κ1) is 37.7. The van der Waals surface area contributed by atoms with E-state index in [0.29, 0.717) is 41.8 Å². The van der Waals surface area contributed by atoms with E-state index in [4.69, 9.17) is 28.8 Å². The van der Waals surface area contributed by atoms with Gasteiger partial charge in [0, 0.05) is 23.9 Å². The first-order valence-corrected chi connectivity index (χ1v) is 19.5. The molecule has 2 saturated heterocycles. The molecule has 4 N–H and O–H groups in total. The van der Waals surface area contributed by atoms with E-state index in [-0.39, 0.29) is 35.7 Å². The number of amides is 4. The Balaban J connectivity index is 1.06. The summed E-state index contributed by atoms with van der Waals surface area (Å²) in [6.07, 6.45) is 1.83. The number of ether oxygens (including phenoxy) is 2. The lowest BCUT2D eigenvalue weighted by atomic mass is 10.0. The van der Waals surface area contributed by atoms with Crippen LogP contribution < -0.4 is 10.6 Å². The Hall–Kier alpha value is -6.19. The monoisotopic (exact) mass is 777 g/mol. The summed E-state index contributed by atoms with van der Waals surface area (Å²) in [7, 11) is 2.57. The number of likely N-dealkylation sites (tertiary alicyclic amines) is 2. The average Bonchev–Trinajstić information content (AvgIpc) is 4.05. The SMILES string of the molecule is COC(=O)N[C@H](C(=O)N1CCC[C@H]1c1nc2ccc3nc(-c4cc5ccc6nc([C@@H]7CCCN7C(=O)[C@@H](NC(=O)OC)C(C)C)[nH]c6c5o4)ccc3c2[nH]1)C(C)C. The number of methoxy groups -OCH3 is 2.